The molecule has 0 fully saturated rings. The number of hydrogen-bond donors (Lipinski definition) is 0. The minimum atomic E-state index is -3.50. The van der Waals surface area contributed by atoms with Gasteiger partial charge in [0.1, 0.15) is 12.8 Å². The lowest BCUT2D eigenvalue weighted by Gasteiger charge is -2.31. The van der Waals surface area contributed by atoms with Gasteiger partial charge in [-0.05, 0) is 27.7 Å². The van der Waals surface area contributed by atoms with Crippen molar-refractivity contribution in [3.05, 3.63) is 0 Å². The zero-order valence-electron chi connectivity index (χ0n) is 15.7. The molecule has 0 aliphatic heterocycles. The lowest BCUT2D eigenvalue weighted by Crippen LogP contribution is -2.39. The summed E-state index contributed by atoms with van der Waals surface area (Å²) < 4.78 is 39.1. The number of hydrogen-bond acceptors (Lipinski definition) is 8. The summed E-state index contributed by atoms with van der Waals surface area (Å²) in [5.74, 6) is -1.49. The van der Waals surface area contributed by atoms with E-state index < -0.39 is 31.8 Å². The molecule has 148 valence electrons. The molecule has 1 amide bonds. The maximum absolute atomic E-state index is 13.3. The standard InChI is InChI=1S/C15H30NO8P/c1-6-21-13(17)10-16(15(18)23-8-3)12-25(19,24-9-4)14(11-20-5)22-7-2/h14H,6-12H2,1-5H3. The summed E-state index contributed by atoms with van der Waals surface area (Å²) in [6.45, 7) is 7.09. The number of esters is 1. The number of carbonyl (C=O) groups excluding carboxylic acids is 2. The molecule has 0 heterocycles. The fourth-order valence-corrected chi connectivity index (χ4v) is 4.34. The molecule has 2 atom stereocenters. The van der Waals surface area contributed by atoms with Crippen LogP contribution >= 0.6 is 7.37 Å². The van der Waals surface area contributed by atoms with Gasteiger partial charge >= 0.3 is 12.1 Å². The van der Waals surface area contributed by atoms with Crippen molar-refractivity contribution in [2.24, 2.45) is 0 Å². The summed E-state index contributed by atoms with van der Waals surface area (Å²) in [7, 11) is -2.05. The molecule has 2 unspecified atom stereocenters. The van der Waals surface area contributed by atoms with Crippen molar-refractivity contribution in [1.29, 1.82) is 0 Å². The second-order valence-electron chi connectivity index (χ2n) is 4.85. The van der Waals surface area contributed by atoms with Gasteiger partial charge in [0.15, 0.2) is 5.85 Å². The molecule has 0 aliphatic carbocycles. The summed E-state index contributed by atoms with van der Waals surface area (Å²) in [5.41, 5.74) is 0. The average Bonchev–Trinajstić information content (AvgIpc) is 2.54. The number of amides is 1. The molecule has 0 aromatic rings. The molecule has 9 nitrogen and oxygen atoms in total. The molecule has 25 heavy (non-hydrogen) atoms. The minimum absolute atomic E-state index is 0.0290. The van der Waals surface area contributed by atoms with Crippen LogP contribution in [-0.4, -0.2) is 75.8 Å². The van der Waals surface area contributed by atoms with Crippen LogP contribution in [0.3, 0.4) is 0 Å². The van der Waals surface area contributed by atoms with Crippen LogP contribution in [0.25, 0.3) is 0 Å². The van der Waals surface area contributed by atoms with Crippen LogP contribution in [0.15, 0.2) is 0 Å². The molecule has 0 spiro atoms. The van der Waals surface area contributed by atoms with E-state index in [9.17, 15) is 14.2 Å². The molecular weight excluding hydrogens is 353 g/mol. The normalized spacial score (nSPS) is 14.4. The fourth-order valence-electron chi connectivity index (χ4n) is 2.03. The molecule has 0 bridgehead atoms. The predicted molar refractivity (Wildman–Crippen MR) is 91.8 cm³/mol. The monoisotopic (exact) mass is 383 g/mol. The third-order valence-electron chi connectivity index (χ3n) is 2.97. The number of ether oxygens (including phenoxy) is 4. The van der Waals surface area contributed by atoms with E-state index in [0.717, 1.165) is 4.90 Å². The summed E-state index contributed by atoms with van der Waals surface area (Å²) >= 11 is 0. The first-order valence-electron chi connectivity index (χ1n) is 8.29. The predicted octanol–water partition coefficient (Wildman–Crippen LogP) is 2.29. The third kappa shape index (κ3) is 8.67. The molecule has 0 aliphatic rings. The Hall–Kier alpha value is -1.15. The van der Waals surface area contributed by atoms with Crippen LogP contribution in [-0.2, 0) is 32.8 Å². The molecule has 0 aromatic heterocycles. The maximum Gasteiger partial charge on any atom is 0.410 e. The Morgan fingerprint density at radius 3 is 2.12 bits per heavy atom. The van der Waals surface area contributed by atoms with Crippen LogP contribution in [0.5, 0.6) is 0 Å². The summed E-state index contributed by atoms with van der Waals surface area (Å²) in [4.78, 5) is 24.9. The average molecular weight is 383 g/mol. The zero-order valence-corrected chi connectivity index (χ0v) is 16.6. The van der Waals surface area contributed by atoms with Gasteiger partial charge in [0.2, 0.25) is 0 Å². The highest BCUT2D eigenvalue weighted by atomic mass is 31.2. The van der Waals surface area contributed by atoms with Crippen molar-refractivity contribution >= 4 is 19.4 Å². The minimum Gasteiger partial charge on any atom is -0.465 e. The Balaban J connectivity index is 5.45. The van der Waals surface area contributed by atoms with Gasteiger partial charge in [-0.1, -0.05) is 0 Å². The van der Waals surface area contributed by atoms with E-state index in [2.05, 4.69) is 0 Å². The molecular formula is C15H30NO8P. The second kappa shape index (κ2) is 13.1. The lowest BCUT2D eigenvalue weighted by molar-refractivity contribution is -0.143. The number of rotatable bonds is 13. The maximum atomic E-state index is 13.3. The zero-order chi connectivity index (χ0) is 19.3. The Morgan fingerprint density at radius 2 is 1.64 bits per heavy atom. The number of carbonyl (C=O) groups is 2. The van der Waals surface area contributed by atoms with Crippen LogP contribution in [0, 0.1) is 0 Å². The first-order chi connectivity index (χ1) is 11.9. The fraction of sp³-hybridized carbons (Fsp3) is 0.867. The van der Waals surface area contributed by atoms with Gasteiger partial charge in [0.05, 0.1) is 26.4 Å². The van der Waals surface area contributed by atoms with Gasteiger partial charge in [0, 0.05) is 13.7 Å². The quantitative estimate of drug-likeness (QED) is 0.353. The highest BCUT2D eigenvalue weighted by molar-refractivity contribution is 7.59. The molecule has 0 aromatic carbocycles. The van der Waals surface area contributed by atoms with E-state index >= 15 is 0 Å². The van der Waals surface area contributed by atoms with E-state index in [1.807, 2.05) is 0 Å². The van der Waals surface area contributed by atoms with Crippen molar-refractivity contribution < 1.29 is 37.6 Å². The Kier molecular flexibility index (Phi) is 12.5. The molecule has 0 rings (SSSR count). The van der Waals surface area contributed by atoms with Crippen molar-refractivity contribution in [1.82, 2.24) is 4.90 Å². The van der Waals surface area contributed by atoms with E-state index in [4.69, 9.17) is 23.5 Å². The van der Waals surface area contributed by atoms with Crippen LogP contribution in [0.1, 0.15) is 27.7 Å². The summed E-state index contributed by atoms with van der Waals surface area (Å²) in [6.07, 6.45) is -1.12. The largest absolute Gasteiger partial charge is 0.465 e. The van der Waals surface area contributed by atoms with Crippen molar-refractivity contribution in [2.75, 3.05) is 53.0 Å². The molecule has 0 radical (unpaired) electrons. The highest BCUT2D eigenvalue weighted by Crippen LogP contribution is 2.53. The van der Waals surface area contributed by atoms with Crippen molar-refractivity contribution in [2.45, 2.75) is 33.5 Å². The Bertz CT molecular complexity index is 439. The molecule has 0 N–H and O–H groups in total. The first kappa shape index (κ1) is 23.9. The van der Waals surface area contributed by atoms with Gasteiger partial charge in [-0.2, -0.15) is 0 Å². The molecule has 0 saturated carbocycles. The number of methoxy groups -OCH3 is 1. The third-order valence-corrected chi connectivity index (χ3v) is 5.58. The topological polar surface area (TPSA) is 101 Å². The van der Waals surface area contributed by atoms with Gasteiger partial charge in [-0.15, -0.1) is 0 Å². The first-order valence-corrected chi connectivity index (χ1v) is 10.2. The molecule has 10 heteroatoms. The van der Waals surface area contributed by atoms with E-state index in [1.54, 1.807) is 27.7 Å². The summed E-state index contributed by atoms with van der Waals surface area (Å²) in [6, 6.07) is 0. The van der Waals surface area contributed by atoms with Crippen LogP contribution in [0.2, 0.25) is 0 Å². The summed E-state index contributed by atoms with van der Waals surface area (Å²) in [5, 5.41) is 0. The second-order valence-corrected chi connectivity index (χ2v) is 7.42. The van der Waals surface area contributed by atoms with E-state index in [-0.39, 0.29) is 32.7 Å². The smallest absolute Gasteiger partial charge is 0.410 e. The van der Waals surface area contributed by atoms with Gasteiger partial charge in [-0.3, -0.25) is 14.3 Å². The lowest BCUT2D eigenvalue weighted by atomic mass is 10.6. The van der Waals surface area contributed by atoms with Crippen molar-refractivity contribution in [3.63, 3.8) is 0 Å². The van der Waals surface area contributed by atoms with Gasteiger partial charge in [-0.25, -0.2) is 4.79 Å². The van der Waals surface area contributed by atoms with E-state index in [0.29, 0.717) is 6.61 Å². The van der Waals surface area contributed by atoms with Crippen LogP contribution < -0.4 is 0 Å². The Labute approximate surface area is 149 Å². The number of nitrogens with zero attached hydrogens (tertiary/aromatic N) is 1. The van der Waals surface area contributed by atoms with E-state index in [1.165, 1.54) is 7.11 Å². The van der Waals surface area contributed by atoms with Gasteiger partial charge in [0.25, 0.3) is 7.37 Å². The van der Waals surface area contributed by atoms with Crippen LogP contribution in [0.4, 0.5) is 4.79 Å². The molecule has 0 saturated heterocycles. The van der Waals surface area contributed by atoms with Gasteiger partial charge < -0.3 is 23.5 Å². The SMILES string of the molecule is CCOC(=O)CN(CP(=O)(OCC)C(COC)OCC)C(=O)OCC. The highest BCUT2D eigenvalue weighted by Gasteiger charge is 2.39. The Morgan fingerprint density at radius 1 is 1.00 bits per heavy atom. The van der Waals surface area contributed by atoms with Crippen molar-refractivity contribution in [3.8, 4) is 0 Å².